The highest BCUT2D eigenvalue weighted by Gasteiger charge is 2.16. The van der Waals surface area contributed by atoms with Crippen LogP contribution in [0.3, 0.4) is 0 Å². The van der Waals surface area contributed by atoms with Crippen LogP contribution in [-0.2, 0) is 9.53 Å². The van der Waals surface area contributed by atoms with Crippen molar-refractivity contribution < 1.29 is 19.1 Å². The van der Waals surface area contributed by atoms with E-state index in [1.807, 2.05) is 54.6 Å². The van der Waals surface area contributed by atoms with Crippen molar-refractivity contribution in [2.75, 3.05) is 19.0 Å². The molecule has 0 aromatic heterocycles. The number of halogens is 1. The summed E-state index contributed by atoms with van der Waals surface area (Å²) in [6.45, 7) is 2.00. The highest BCUT2D eigenvalue weighted by atomic mass is 35.5. The number of hydrogen-bond donors (Lipinski definition) is 1. The van der Waals surface area contributed by atoms with Crippen molar-refractivity contribution in [1.82, 2.24) is 0 Å². The van der Waals surface area contributed by atoms with Gasteiger partial charge < -0.3 is 14.8 Å². The molecule has 3 rings (SSSR count). The predicted molar refractivity (Wildman–Crippen MR) is 123 cm³/mol. The van der Waals surface area contributed by atoms with Crippen molar-refractivity contribution in [3.63, 3.8) is 0 Å². The Morgan fingerprint density at radius 3 is 2.29 bits per heavy atom. The van der Waals surface area contributed by atoms with Gasteiger partial charge in [0.2, 0.25) is 0 Å². The fraction of sp³-hybridized carbons (Fsp3) is 0.120. The molecular formula is C25H22ClNO4. The van der Waals surface area contributed by atoms with Gasteiger partial charge in [-0.25, -0.2) is 4.79 Å². The van der Waals surface area contributed by atoms with E-state index < -0.39 is 5.97 Å². The van der Waals surface area contributed by atoms with Gasteiger partial charge in [-0.2, -0.15) is 0 Å². The monoisotopic (exact) mass is 435 g/mol. The molecular weight excluding hydrogens is 414 g/mol. The Bertz CT molecular complexity index is 1090. The smallest absolute Gasteiger partial charge is 0.338 e. The Labute approximate surface area is 186 Å². The number of methoxy groups -OCH3 is 1. The molecule has 31 heavy (non-hydrogen) atoms. The molecule has 158 valence electrons. The Morgan fingerprint density at radius 1 is 0.968 bits per heavy atom. The van der Waals surface area contributed by atoms with E-state index in [1.54, 1.807) is 32.2 Å². The number of anilines is 1. The zero-order chi connectivity index (χ0) is 22.2. The number of rotatable bonds is 7. The van der Waals surface area contributed by atoms with Gasteiger partial charge in [-0.05, 0) is 54.5 Å². The molecule has 0 spiro atoms. The van der Waals surface area contributed by atoms with E-state index in [2.05, 4.69) is 5.32 Å². The number of nitrogens with one attached hydrogen (secondary N) is 1. The first kappa shape index (κ1) is 22.1. The molecule has 0 saturated heterocycles. The van der Waals surface area contributed by atoms with Gasteiger partial charge in [0, 0.05) is 5.57 Å². The van der Waals surface area contributed by atoms with Crippen LogP contribution < -0.4 is 10.1 Å². The standard InChI is InChI=1S/C25H22ClNO4/c1-3-31-25(29)19-11-14-23(22(26)16-19)27-24(28)21(18-7-5-4-6-8-18)15-17-9-12-20(30-2)13-10-17/h4-16H,3H2,1-2H3,(H,27,28)/b21-15+. The van der Waals surface area contributed by atoms with Crippen LogP contribution in [0.15, 0.2) is 72.8 Å². The molecule has 0 heterocycles. The number of carbonyl (C=O) groups is 2. The van der Waals surface area contributed by atoms with Crippen LogP contribution in [0.25, 0.3) is 11.6 Å². The zero-order valence-electron chi connectivity index (χ0n) is 17.2. The van der Waals surface area contributed by atoms with Crippen molar-refractivity contribution >= 4 is 40.8 Å². The molecule has 0 atom stereocenters. The van der Waals surface area contributed by atoms with E-state index in [0.717, 1.165) is 16.9 Å². The van der Waals surface area contributed by atoms with Gasteiger partial charge in [-0.15, -0.1) is 0 Å². The maximum Gasteiger partial charge on any atom is 0.338 e. The van der Waals surface area contributed by atoms with Gasteiger partial charge in [-0.1, -0.05) is 54.1 Å². The highest BCUT2D eigenvalue weighted by Crippen LogP contribution is 2.27. The molecule has 5 nitrogen and oxygen atoms in total. The zero-order valence-corrected chi connectivity index (χ0v) is 18.0. The normalized spacial score (nSPS) is 11.0. The van der Waals surface area contributed by atoms with Crippen LogP contribution in [0.4, 0.5) is 5.69 Å². The lowest BCUT2D eigenvalue weighted by Crippen LogP contribution is -2.14. The average Bonchev–Trinajstić information content (AvgIpc) is 2.79. The van der Waals surface area contributed by atoms with Gasteiger partial charge in [0.15, 0.2) is 0 Å². The predicted octanol–water partition coefficient (Wildman–Crippen LogP) is 5.70. The van der Waals surface area contributed by atoms with Crippen LogP contribution in [-0.4, -0.2) is 25.6 Å². The van der Waals surface area contributed by atoms with Gasteiger partial charge in [0.25, 0.3) is 5.91 Å². The third kappa shape index (κ3) is 5.74. The minimum atomic E-state index is -0.466. The third-order valence-electron chi connectivity index (χ3n) is 4.48. The third-order valence-corrected chi connectivity index (χ3v) is 4.80. The van der Waals surface area contributed by atoms with Crippen molar-refractivity contribution in [3.8, 4) is 5.75 Å². The minimum Gasteiger partial charge on any atom is -0.497 e. The summed E-state index contributed by atoms with van der Waals surface area (Å²) in [5, 5.41) is 3.08. The number of esters is 1. The van der Waals surface area contributed by atoms with E-state index in [1.165, 1.54) is 6.07 Å². The lowest BCUT2D eigenvalue weighted by atomic mass is 10.0. The van der Waals surface area contributed by atoms with E-state index in [-0.39, 0.29) is 17.5 Å². The lowest BCUT2D eigenvalue weighted by molar-refractivity contribution is -0.111. The van der Waals surface area contributed by atoms with Crippen molar-refractivity contribution in [2.24, 2.45) is 0 Å². The highest BCUT2D eigenvalue weighted by molar-refractivity contribution is 6.36. The molecule has 0 bridgehead atoms. The summed E-state index contributed by atoms with van der Waals surface area (Å²) in [5.74, 6) is -0.0595. The molecule has 3 aromatic rings. The number of benzene rings is 3. The van der Waals surface area contributed by atoms with E-state index in [9.17, 15) is 9.59 Å². The SMILES string of the molecule is CCOC(=O)c1ccc(NC(=O)/C(=C/c2ccc(OC)cc2)c2ccccc2)c(Cl)c1. The Kier molecular flexibility index (Phi) is 7.46. The minimum absolute atomic E-state index is 0.246. The summed E-state index contributed by atoms with van der Waals surface area (Å²) in [5.41, 5.74) is 2.79. The Hall–Kier alpha value is -3.57. The second-order valence-electron chi connectivity index (χ2n) is 6.57. The van der Waals surface area contributed by atoms with Crippen molar-refractivity contribution in [2.45, 2.75) is 6.92 Å². The Morgan fingerprint density at radius 2 is 1.68 bits per heavy atom. The van der Waals surface area contributed by atoms with Crippen molar-refractivity contribution in [3.05, 3.63) is 94.5 Å². The van der Waals surface area contributed by atoms with Crippen LogP contribution in [0, 0.1) is 0 Å². The topological polar surface area (TPSA) is 64.6 Å². The maximum atomic E-state index is 13.2. The molecule has 1 N–H and O–H groups in total. The molecule has 6 heteroatoms. The molecule has 0 aliphatic heterocycles. The fourth-order valence-electron chi connectivity index (χ4n) is 2.91. The number of ether oxygens (including phenoxy) is 2. The Balaban J connectivity index is 1.90. The van der Waals surface area contributed by atoms with Gasteiger partial charge in [0.1, 0.15) is 5.75 Å². The molecule has 0 aliphatic rings. The van der Waals surface area contributed by atoms with E-state index in [0.29, 0.717) is 16.8 Å². The summed E-state index contributed by atoms with van der Waals surface area (Å²) in [6.07, 6.45) is 1.80. The van der Waals surface area contributed by atoms with Crippen LogP contribution in [0.1, 0.15) is 28.4 Å². The molecule has 0 fully saturated rings. The lowest BCUT2D eigenvalue weighted by Gasteiger charge is -2.12. The van der Waals surface area contributed by atoms with Gasteiger partial charge in [-0.3, -0.25) is 4.79 Å². The van der Waals surface area contributed by atoms with Gasteiger partial charge in [0.05, 0.1) is 30.0 Å². The molecule has 0 unspecified atom stereocenters. The summed E-state index contributed by atoms with van der Waals surface area (Å²) >= 11 is 6.31. The first-order chi connectivity index (χ1) is 15.0. The average molecular weight is 436 g/mol. The summed E-state index contributed by atoms with van der Waals surface area (Å²) in [6, 6.07) is 21.4. The maximum absolute atomic E-state index is 13.2. The number of hydrogen-bond acceptors (Lipinski definition) is 4. The largest absolute Gasteiger partial charge is 0.497 e. The summed E-state index contributed by atoms with van der Waals surface area (Å²) < 4.78 is 10.2. The van der Waals surface area contributed by atoms with E-state index >= 15 is 0 Å². The van der Waals surface area contributed by atoms with E-state index in [4.69, 9.17) is 21.1 Å². The molecule has 0 aliphatic carbocycles. The molecule has 3 aromatic carbocycles. The summed E-state index contributed by atoms with van der Waals surface area (Å²) in [7, 11) is 1.60. The fourth-order valence-corrected chi connectivity index (χ4v) is 3.14. The van der Waals surface area contributed by atoms with Crippen molar-refractivity contribution in [1.29, 1.82) is 0 Å². The molecule has 0 radical (unpaired) electrons. The first-order valence-corrected chi connectivity index (χ1v) is 10.1. The van der Waals surface area contributed by atoms with Gasteiger partial charge >= 0.3 is 5.97 Å². The van der Waals surface area contributed by atoms with Crippen LogP contribution >= 0.6 is 11.6 Å². The molecule has 0 saturated carbocycles. The first-order valence-electron chi connectivity index (χ1n) is 9.71. The quantitative estimate of drug-likeness (QED) is 0.293. The van der Waals surface area contributed by atoms with Crippen LogP contribution in [0.5, 0.6) is 5.75 Å². The number of amides is 1. The second-order valence-corrected chi connectivity index (χ2v) is 6.97. The molecule has 1 amide bonds. The summed E-state index contributed by atoms with van der Waals surface area (Å²) in [4.78, 5) is 25.0. The van der Waals surface area contributed by atoms with Crippen LogP contribution in [0.2, 0.25) is 5.02 Å². The number of carbonyl (C=O) groups excluding carboxylic acids is 2. The second kappa shape index (κ2) is 10.5.